The van der Waals surface area contributed by atoms with Gasteiger partial charge in [-0.3, -0.25) is 4.79 Å². The van der Waals surface area contributed by atoms with Gasteiger partial charge in [-0.2, -0.15) is 11.3 Å². The zero-order valence-electron chi connectivity index (χ0n) is 11.6. The van der Waals surface area contributed by atoms with Crippen LogP contribution in [0.4, 0.5) is 4.79 Å². The van der Waals surface area contributed by atoms with Gasteiger partial charge in [-0.25, -0.2) is 4.79 Å². The van der Waals surface area contributed by atoms with E-state index >= 15 is 0 Å². The third-order valence-electron chi connectivity index (χ3n) is 3.72. The van der Waals surface area contributed by atoms with E-state index in [0.29, 0.717) is 6.54 Å². The summed E-state index contributed by atoms with van der Waals surface area (Å²) in [5.74, 6) is -0.959. The standard InChI is InChI=1S/C14H20N2O3S/c1-10-8-20-9-11(10)6-15-14(19)16(7-13(17)18)12-4-2-3-5-12/h8-9,12H,2-7H2,1H3,(H,15,19)(H,17,18). The normalized spacial score (nSPS) is 15.2. The van der Waals surface area contributed by atoms with Gasteiger partial charge in [0.25, 0.3) is 0 Å². The van der Waals surface area contributed by atoms with Crippen LogP contribution in [0, 0.1) is 6.92 Å². The number of carbonyl (C=O) groups excluding carboxylic acids is 1. The van der Waals surface area contributed by atoms with E-state index in [9.17, 15) is 9.59 Å². The first-order valence-electron chi connectivity index (χ1n) is 6.86. The number of carboxylic acids is 1. The quantitative estimate of drug-likeness (QED) is 0.877. The van der Waals surface area contributed by atoms with Crippen molar-refractivity contribution in [2.75, 3.05) is 6.54 Å². The van der Waals surface area contributed by atoms with Crippen molar-refractivity contribution < 1.29 is 14.7 Å². The van der Waals surface area contributed by atoms with Crippen molar-refractivity contribution in [1.29, 1.82) is 0 Å². The Labute approximate surface area is 122 Å². The fraction of sp³-hybridized carbons (Fsp3) is 0.571. The molecule has 0 unspecified atom stereocenters. The second-order valence-electron chi connectivity index (χ2n) is 5.20. The van der Waals surface area contributed by atoms with E-state index in [0.717, 1.165) is 36.8 Å². The molecular formula is C14H20N2O3S. The summed E-state index contributed by atoms with van der Waals surface area (Å²) in [7, 11) is 0. The summed E-state index contributed by atoms with van der Waals surface area (Å²) in [6.07, 6.45) is 3.94. The van der Waals surface area contributed by atoms with Crippen molar-refractivity contribution in [2.45, 2.75) is 45.2 Å². The highest BCUT2D eigenvalue weighted by Crippen LogP contribution is 2.23. The van der Waals surface area contributed by atoms with Gasteiger partial charge >= 0.3 is 12.0 Å². The first kappa shape index (κ1) is 14.8. The van der Waals surface area contributed by atoms with Crippen LogP contribution in [0.3, 0.4) is 0 Å². The van der Waals surface area contributed by atoms with Crippen LogP contribution in [-0.2, 0) is 11.3 Å². The number of aryl methyl sites for hydroxylation is 1. The van der Waals surface area contributed by atoms with Crippen LogP contribution in [-0.4, -0.2) is 34.6 Å². The van der Waals surface area contributed by atoms with E-state index in [4.69, 9.17) is 5.11 Å². The Kier molecular flexibility index (Phi) is 5.00. The molecule has 1 aliphatic carbocycles. The van der Waals surface area contributed by atoms with Crippen LogP contribution in [0.1, 0.15) is 36.8 Å². The largest absolute Gasteiger partial charge is 0.480 e. The Morgan fingerprint density at radius 2 is 2.10 bits per heavy atom. The van der Waals surface area contributed by atoms with E-state index in [1.165, 1.54) is 4.90 Å². The maximum atomic E-state index is 12.2. The van der Waals surface area contributed by atoms with Gasteiger partial charge in [-0.05, 0) is 41.7 Å². The third-order valence-corrected chi connectivity index (χ3v) is 4.63. The Morgan fingerprint density at radius 3 is 2.65 bits per heavy atom. The molecule has 0 radical (unpaired) electrons. The average molecular weight is 296 g/mol. The van der Waals surface area contributed by atoms with Crippen molar-refractivity contribution in [3.8, 4) is 0 Å². The number of hydrogen-bond donors (Lipinski definition) is 2. The van der Waals surface area contributed by atoms with Crippen molar-refractivity contribution in [1.82, 2.24) is 10.2 Å². The second-order valence-corrected chi connectivity index (χ2v) is 5.94. The van der Waals surface area contributed by atoms with Crippen LogP contribution in [0.25, 0.3) is 0 Å². The van der Waals surface area contributed by atoms with Gasteiger partial charge in [0.1, 0.15) is 6.54 Å². The molecule has 1 aromatic rings. The van der Waals surface area contributed by atoms with Crippen LogP contribution in [0.2, 0.25) is 0 Å². The SMILES string of the molecule is Cc1cscc1CNC(=O)N(CC(=O)O)C1CCCC1. The van der Waals surface area contributed by atoms with Crippen molar-refractivity contribution >= 4 is 23.3 Å². The predicted octanol–water partition coefficient (Wildman–Crippen LogP) is 2.60. The Morgan fingerprint density at radius 1 is 1.40 bits per heavy atom. The van der Waals surface area contributed by atoms with E-state index < -0.39 is 5.97 Å². The minimum atomic E-state index is -0.959. The first-order valence-corrected chi connectivity index (χ1v) is 7.80. The van der Waals surface area contributed by atoms with E-state index in [1.807, 2.05) is 17.7 Å². The maximum absolute atomic E-state index is 12.2. The van der Waals surface area contributed by atoms with E-state index in [2.05, 4.69) is 5.32 Å². The number of urea groups is 1. The minimum Gasteiger partial charge on any atom is -0.480 e. The predicted molar refractivity (Wildman–Crippen MR) is 77.9 cm³/mol. The molecule has 2 amide bonds. The maximum Gasteiger partial charge on any atom is 0.323 e. The second kappa shape index (κ2) is 6.74. The Bertz CT molecular complexity index is 481. The zero-order chi connectivity index (χ0) is 14.5. The average Bonchev–Trinajstić information content (AvgIpc) is 3.04. The van der Waals surface area contributed by atoms with Gasteiger partial charge in [0.05, 0.1) is 0 Å². The number of carbonyl (C=O) groups is 2. The molecule has 0 aromatic carbocycles. The van der Waals surface area contributed by atoms with Crippen molar-refractivity contribution in [3.05, 3.63) is 21.9 Å². The molecule has 2 N–H and O–H groups in total. The number of amides is 2. The molecule has 2 rings (SSSR count). The van der Waals surface area contributed by atoms with Gasteiger partial charge in [-0.1, -0.05) is 12.8 Å². The lowest BCUT2D eigenvalue weighted by atomic mass is 10.2. The number of rotatable bonds is 5. The Hall–Kier alpha value is -1.56. The van der Waals surface area contributed by atoms with Crippen LogP contribution < -0.4 is 5.32 Å². The third kappa shape index (κ3) is 3.72. The summed E-state index contributed by atoms with van der Waals surface area (Å²) in [5.41, 5.74) is 2.24. The van der Waals surface area contributed by atoms with Crippen LogP contribution in [0.15, 0.2) is 10.8 Å². The summed E-state index contributed by atoms with van der Waals surface area (Å²) >= 11 is 1.60. The van der Waals surface area contributed by atoms with Crippen LogP contribution in [0.5, 0.6) is 0 Å². The molecule has 0 spiro atoms. The topological polar surface area (TPSA) is 69.6 Å². The highest BCUT2D eigenvalue weighted by atomic mass is 32.1. The molecule has 0 saturated heterocycles. The molecule has 1 aliphatic rings. The number of nitrogens with zero attached hydrogens (tertiary/aromatic N) is 1. The van der Waals surface area contributed by atoms with Gasteiger partial charge in [-0.15, -0.1) is 0 Å². The molecule has 1 saturated carbocycles. The highest BCUT2D eigenvalue weighted by Gasteiger charge is 2.28. The summed E-state index contributed by atoms with van der Waals surface area (Å²) in [5, 5.41) is 15.8. The molecule has 0 atom stereocenters. The minimum absolute atomic E-state index is 0.0645. The molecule has 1 aromatic heterocycles. The van der Waals surface area contributed by atoms with E-state index in [1.54, 1.807) is 11.3 Å². The summed E-state index contributed by atoms with van der Waals surface area (Å²) in [4.78, 5) is 24.6. The number of nitrogens with one attached hydrogen (secondary N) is 1. The molecule has 110 valence electrons. The molecule has 20 heavy (non-hydrogen) atoms. The molecule has 0 aliphatic heterocycles. The summed E-state index contributed by atoms with van der Waals surface area (Å²) < 4.78 is 0. The zero-order valence-corrected chi connectivity index (χ0v) is 12.4. The fourth-order valence-electron chi connectivity index (χ4n) is 2.57. The molecule has 0 bridgehead atoms. The number of carboxylic acid groups (broad SMARTS) is 1. The van der Waals surface area contributed by atoms with E-state index in [-0.39, 0.29) is 18.6 Å². The number of hydrogen-bond acceptors (Lipinski definition) is 3. The highest BCUT2D eigenvalue weighted by molar-refractivity contribution is 7.08. The lowest BCUT2D eigenvalue weighted by Crippen LogP contribution is -2.47. The van der Waals surface area contributed by atoms with Gasteiger partial charge < -0.3 is 15.3 Å². The first-order chi connectivity index (χ1) is 9.58. The fourth-order valence-corrected chi connectivity index (χ4v) is 3.43. The molecule has 5 nitrogen and oxygen atoms in total. The summed E-state index contributed by atoms with van der Waals surface area (Å²) in [6, 6.07) is -0.209. The molecule has 1 heterocycles. The Balaban J connectivity index is 1.95. The van der Waals surface area contributed by atoms with Crippen molar-refractivity contribution in [2.24, 2.45) is 0 Å². The summed E-state index contributed by atoms with van der Waals surface area (Å²) in [6.45, 7) is 2.24. The van der Waals surface area contributed by atoms with Gasteiger partial charge in [0.2, 0.25) is 0 Å². The van der Waals surface area contributed by atoms with Gasteiger partial charge in [0.15, 0.2) is 0 Å². The van der Waals surface area contributed by atoms with Gasteiger partial charge in [0, 0.05) is 12.6 Å². The smallest absolute Gasteiger partial charge is 0.323 e. The lowest BCUT2D eigenvalue weighted by Gasteiger charge is -2.27. The molecule has 1 fully saturated rings. The number of thiophene rings is 1. The lowest BCUT2D eigenvalue weighted by molar-refractivity contribution is -0.138. The molecular weight excluding hydrogens is 276 g/mol. The van der Waals surface area contributed by atoms with Crippen molar-refractivity contribution in [3.63, 3.8) is 0 Å². The monoisotopic (exact) mass is 296 g/mol. The number of aliphatic carboxylic acids is 1. The van der Waals surface area contributed by atoms with Crippen LogP contribution >= 0.6 is 11.3 Å². The molecule has 6 heteroatoms.